The molecule has 2 heterocycles. The van der Waals surface area contributed by atoms with Crippen LogP contribution in [0.3, 0.4) is 0 Å². The second-order valence-corrected chi connectivity index (χ2v) is 2.18. The Bertz CT molecular complexity index is 303. The second-order valence-electron chi connectivity index (χ2n) is 2.18. The molecule has 3 N–H and O–H groups in total. The fourth-order valence-corrected chi connectivity index (χ4v) is 0.891. The lowest BCUT2D eigenvalue weighted by molar-refractivity contribution is -0.161. The number of aliphatic hydroxyl groups is 2. The van der Waals surface area contributed by atoms with Crippen LogP contribution in [0.2, 0.25) is 0 Å². The number of anilines is 1. The topological polar surface area (TPSA) is 82.7 Å². The van der Waals surface area contributed by atoms with E-state index in [-0.39, 0.29) is 0 Å². The van der Waals surface area contributed by atoms with Gasteiger partial charge in [0.05, 0.1) is 0 Å². The molecule has 0 unspecified atom stereocenters. The van der Waals surface area contributed by atoms with Gasteiger partial charge in [-0.1, -0.05) is 0 Å². The lowest BCUT2D eigenvalue weighted by Gasteiger charge is -2.22. The molecule has 6 nitrogen and oxygen atoms in total. The lowest BCUT2D eigenvalue weighted by atomic mass is 10.5. The molecule has 0 bridgehead atoms. The molecule has 1 aromatic rings. The minimum atomic E-state index is -2.06. The molecule has 6 heteroatoms. The first-order valence-corrected chi connectivity index (χ1v) is 2.99. The molecular formula is C5H6N4O2. The van der Waals surface area contributed by atoms with Gasteiger partial charge in [-0.2, -0.15) is 5.10 Å². The Morgan fingerprint density at radius 3 is 3.09 bits per heavy atom. The molecule has 11 heavy (non-hydrogen) atoms. The summed E-state index contributed by atoms with van der Waals surface area (Å²) in [5.74, 6) is -1.76. The molecule has 0 saturated carbocycles. The minimum Gasteiger partial charge on any atom is -0.344 e. The zero-order valence-corrected chi connectivity index (χ0v) is 5.47. The van der Waals surface area contributed by atoms with Crippen LogP contribution in [0.15, 0.2) is 17.5 Å². The molecule has 0 saturated heterocycles. The maximum absolute atomic E-state index is 9.20. The smallest absolute Gasteiger partial charge is 0.293 e. The Labute approximate surface area is 61.8 Å². The summed E-state index contributed by atoms with van der Waals surface area (Å²) in [5.41, 5.74) is 2.50. The van der Waals surface area contributed by atoms with Crippen molar-refractivity contribution in [2.75, 3.05) is 5.43 Å². The third-order valence-corrected chi connectivity index (χ3v) is 1.40. The SMILES string of the molecule is OC1(O)C=NNc2nccn21. The fourth-order valence-electron chi connectivity index (χ4n) is 0.891. The number of nitrogens with one attached hydrogen (secondary N) is 1. The van der Waals surface area contributed by atoms with Crippen molar-refractivity contribution < 1.29 is 10.2 Å². The molecule has 0 fully saturated rings. The highest BCUT2D eigenvalue weighted by molar-refractivity contribution is 5.67. The normalized spacial score (nSPS) is 19.1. The highest BCUT2D eigenvalue weighted by Gasteiger charge is 2.28. The van der Waals surface area contributed by atoms with E-state index in [1.807, 2.05) is 0 Å². The number of hydrogen-bond donors (Lipinski definition) is 3. The quantitative estimate of drug-likeness (QED) is 0.414. The van der Waals surface area contributed by atoms with Crippen LogP contribution in [0.1, 0.15) is 0 Å². The Kier molecular flexibility index (Phi) is 1.04. The van der Waals surface area contributed by atoms with Crippen LogP contribution in [0.25, 0.3) is 0 Å². The zero-order valence-electron chi connectivity index (χ0n) is 5.47. The number of nitrogens with zero attached hydrogens (tertiary/aromatic N) is 3. The summed E-state index contributed by atoms with van der Waals surface area (Å²) < 4.78 is 1.15. The number of hydrogen-bond acceptors (Lipinski definition) is 5. The number of imidazole rings is 1. The van der Waals surface area contributed by atoms with Crippen molar-refractivity contribution >= 4 is 12.2 Å². The summed E-state index contributed by atoms with van der Waals surface area (Å²) in [6.07, 6.45) is 3.85. The summed E-state index contributed by atoms with van der Waals surface area (Å²) in [5, 5.41) is 21.9. The van der Waals surface area contributed by atoms with E-state index in [1.165, 1.54) is 12.4 Å². The van der Waals surface area contributed by atoms with Crippen molar-refractivity contribution in [3.8, 4) is 0 Å². The highest BCUT2D eigenvalue weighted by Crippen LogP contribution is 2.16. The largest absolute Gasteiger partial charge is 0.344 e. The van der Waals surface area contributed by atoms with Crippen molar-refractivity contribution in [2.24, 2.45) is 5.10 Å². The molecule has 0 amide bonds. The zero-order chi connectivity index (χ0) is 7.90. The summed E-state index contributed by atoms with van der Waals surface area (Å²) in [6, 6.07) is 0. The van der Waals surface area contributed by atoms with Gasteiger partial charge in [-0.25, -0.2) is 10.4 Å². The van der Waals surface area contributed by atoms with Gasteiger partial charge in [-0.3, -0.25) is 4.57 Å². The first-order valence-electron chi connectivity index (χ1n) is 2.99. The Morgan fingerprint density at radius 2 is 2.36 bits per heavy atom. The van der Waals surface area contributed by atoms with Gasteiger partial charge in [0.2, 0.25) is 5.95 Å². The average molecular weight is 154 g/mol. The highest BCUT2D eigenvalue weighted by atomic mass is 16.5. The van der Waals surface area contributed by atoms with Gasteiger partial charge in [0.15, 0.2) is 0 Å². The fraction of sp³-hybridized carbons (Fsp3) is 0.200. The van der Waals surface area contributed by atoms with Gasteiger partial charge in [0.1, 0.15) is 6.21 Å². The summed E-state index contributed by atoms with van der Waals surface area (Å²) >= 11 is 0. The first-order chi connectivity index (χ1) is 5.20. The molecule has 0 radical (unpaired) electrons. The van der Waals surface area contributed by atoms with Gasteiger partial charge < -0.3 is 10.2 Å². The molecular weight excluding hydrogens is 148 g/mol. The van der Waals surface area contributed by atoms with Crippen molar-refractivity contribution in [3.63, 3.8) is 0 Å². The van der Waals surface area contributed by atoms with E-state index in [0.717, 1.165) is 10.8 Å². The molecule has 1 aliphatic rings. The van der Waals surface area contributed by atoms with Crippen molar-refractivity contribution in [2.45, 2.75) is 5.91 Å². The van der Waals surface area contributed by atoms with E-state index in [4.69, 9.17) is 0 Å². The third kappa shape index (κ3) is 0.803. The van der Waals surface area contributed by atoms with Crippen molar-refractivity contribution in [1.29, 1.82) is 0 Å². The van der Waals surface area contributed by atoms with Crippen LogP contribution in [0, 0.1) is 0 Å². The predicted octanol–water partition coefficient (Wildman–Crippen LogP) is -1.11. The lowest BCUT2D eigenvalue weighted by Crippen LogP contribution is -2.37. The van der Waals surface area contributed by atoms with Gasteiger partial charge in [-0.15, -0.1) is 0 Å². The molecule has 58 valence electrons. The van der Waals surface area contributed by atoms with E-state index in [1.54, 1.807) is 0 Å². The average Bonchev–Trinajstić information content (AvgIpc) is 2.34. The van der Waals surface area contributed by atoms with E-state index in [0.29, 0.717) is 5.95 Å². The maximum atomic E-state index is 9.20. The molecule has 1 aromatic heterocycles. The molecule has 2 rings (SSSR count). The summed E-state index contributed by atoms with van der Waals surface area (Å²) in [6.45, 7) is 0. The van der Waals surface area contributed by atoms with E-state index in [2.05, 4.69) is 15.5 Å². The standard InChI is InChI=1S/C5H6N4O2/c10-5(11)3-7-8-4-6-1-2-9(4)5/h1-3,10-11H,(H,6,8). The summed E-state index contributed by atoms with van der Waals surface area (Å²) in [4.78, 5) is 3.77. The van der Waals surface area contributed by atoms with Gasteiger partial charge in [-0.05, 0) is 0 Å². The number of aromatic nitrogens is 2. The molecule has 0 aromatic carbocycles. The van der Waals surface area contributed by atoms with Crippen LogP contribution >= 0.6 is 0 Å². The van der Waals surface area contributed by atoms with Crippen LogP contribution < -0.4 is 5.43 Å². The van der Waals surface area contributed by atoms with Crippen LogP contribution in [0.4, 0.5) is 5.95 Å². The molecule has 0 atom stereocenters. The van der Waals surface area contributed by atoms with Crippen molar-refractivity contribution in [3.05, 3.63) is 12.4 Å². The van der Waals surface area contributed by atoms with Crippen LogP contribution in [-0.2, 0) is 5.91 Å². The Balaban J connectivity index is 2.56. The number of hydrazone groups is 1. The van der Waals surface area contributed by atoms with Crippen LogP contribution in [-0.4, -0.2) is 26.0 Å². The Hall–Kier alpha value is -1.40. The Morgan fingerprint density at radius 1 is 1.55 bits per heavy atom. The van der Waals surface area contributed by atoms with E-state index < -0.39 is 5.91 Å². The van der Waals surface area contributed by atoms with E-state index in [9.17, 15) is 10.2 Å². The molecule has 1 aliphatic heterocycles. The van der Waals surface area contributed by atoms with E-state index >= 15 is 0 Å². The summed E-state index contributed by atoms with van der Waals surface area (Å²) in [7, 11) is 0. The first kappa shape index (κ1) is 6.32. The second kappa shape index (κ2) is 1.80. The van der Waals surface area contributed by atoms with Crippen molar-refractivity contribution in [1.82, 2.24) is 9.55 Å². The van der Waals surface area contributed by atoms with Gasteiger partial charge in [0, 0.05) is 12.4 Å². The van der Waals surface area contributed by atoms with Crippen LogP contribution in [0.5, 0.6) is 0 Å². The number of fused-ring (bicyclic) bond motifs is 1. The monoisotopic (exact) mass is 154 g/mol. The third-order valence-electron chi connectivity index (χ3n) is 1.40. The van der Waals surface area contributed by atoms with Gasteiger partial charge >= 0.3 is 0 Å². The predicted molar refractivity (Wildman–Crippen MR) is 36.8 cm³/mol. The molecule has 0 aliphatic carbocycles. The minimum absolute atomic E-state index is 0.303. The maximum Gasteiger partial charge on any atom is 0.293 e. The number of rotatable bonds is 0. The van der Waals surface area contributed by atoms with Gasteiger partial charge in [0.25, 0.3) is 5.91 Å². The molecule has 0 spiro atoms.